The van der Waals surface area contributed by atoms with Crippen LogP contribution in [-0.4, -0.2) is 81.3 Å². The number of carbonyl (C=O) groups is 1. The van der Waals surface area contributed by atoms with E-state index in [-0.39, 0.29) is 5.91 Å². The Bertz CT molecular complexity index is 763. The number of hydrogen-bond donors (Lipinski definition) is 0. The molecule has 0 aliphatic carbocycles. The smallest absolute Gasteiger partial charge is 0.236 e. The number of amides is 1. The van der Waals surface area contributed by atoms with E-state index in [1.807, 2.05) is 44.9 Å². The second kappa shape index (κ2) is 8.47. The van der Waals surface area contributed by atoms with Gasteiger partial charge < -0.3 is 9.80 Å². The monoisotopic (exact) mass is 371 g/mol. The summed E-state index contributed by atoms with van der Waals surface area (Å²) in [5.41, 5.74) is 1.02. The molecule has 146 valence electrons. The van der Waals surface area contributed by atoms with Gasteiger partial charge in [-0.2, -0.15) is 5.10 Å². The summed E-state index contributed by atoms with van der Waals surface area (Å²) in [5.74, 6) is 2.73. The Morgan fingerprint density at radius 1 is 1.07 bits per heavy atom. The quantitative estimate of drug-likeness (QED) is 0.762. The summed E-state index contributed by atoms with van der Waals surface area (Å²) < 4.78 is 1.78. The van der Waals surface area contributed by atoms with Crippen LogP contribution in [0.4, 0.5) is 5.82 Å². The Morgan fingerprint density at radius 3 is 2.33 bits per heavy atom. The first kappa shape index (κ1) is 19.3. The summed E-state index contributed by atoms with van der Waals surface area (Å²) in [6, 6.07) is 1.89. The molecule has 0 radical (unpaired) electrons. The van der Waals surface area contributed by atoms with Crippen LogP contribution in [0.15, 0.2) is 18.5 Å². The summed E-state index contributed by atoms with van der Waals surface area (Å²) in [6.07, 6.45) is 3.65. The van der Waals surface area contributed by atoms with Gasteiger partial charge in [-0.25, -0.2) is 14.6 Å². The Balaban J connectivity index is 1.69. The molecule has 8 nitrogen and oxygen atoms in total. The summed E-state index contributed by atoms with van der Waals surface area (Å²) in [6.45, 7) is 13.4. The number of hydrogen-bond acceptors (Lipinski definition) is 6. The van der Waals surface area contributed by atoms with Crippen LogP contribution >= 0.6 is 0 Å². The number of carbonyl (C=O) groups excluding carboxylic acids is 1. The van der Waals surface area contributed by atoms with E-state index in [2.05, 4.69) is 24.9 Å². The number of aryl methyl sites for hydroxylation is 1. The summed E-state index contributed by atoms with van der Waals surface area (Å²) in [5, 5.41) is 4.31. The zero-order valence-corrected chi connectivity index (χ0v) is 16.7. The molecule has 0 N–H and O–H groups in total. The van der Waals surface area contributed by atoms with Crippen LogP contribution in [-0.2, 0) is 4.79 Å². The molecule has 1 amide bonds. The molecular weight excluding hydrogens is 342 g/mol. The van der Waals surface area contributed by atoms with Gasteiger partial charge in [0.25, 0.3) is 0 Å². The Hall–Kier alpha value is -2.48. The molecule has 2 aromatic rings. The second-order valence-corrected chi connectivity index (χ2v) is 6.82. The minimum absolute atomic E-state index is 0.212. The maximum absolute atomic E-state index is 12.3. The Kier molecular flexibility index (Phi) is 6.05. The first-order chi connectivity index (χ1) is 13.0. The highest BCUT2D eigenvalue weighted by Crippen LogP contribution is 2.23. The lowest BCUT2D eigenvalue weighted by atomic mass is 10.2. The third kappa shape index (κ3) is 4.27. The standard InChI is InChI=1S/C19H29N7O/c1-5-24(6-2)17(27)14-23-10-12-25(13-11-23)18-15(3)19(22-16(4)21-18)26-9-7-8-20-26/h7-9H,5-6,10-14H2,1-4H3. The lowest BCUT2D eigenvalue weighted by Crippen LogP contribution is -2.50. The van der Waals surface area contributed by atoms with Gasteiger partial charge in [0.05, 0.1) is 6.54 Å². The van der Waals surface area contributed by atoms with Gasteiger partial charge in [0.2, 0.25) is 5.91 Å². The Labute approximate surface area is 160 Å². The number of aromatic nitrogens is 4. The number of rotatable bonds is 6. The van der Waals surface area contributed by atoms with Gasteiger partial charge in [-0.15, -0.1) is 0 Å². The molecule has 1 aliphatic heterocycles. The fraction of sp³-hybridized carbons (Fsp3) is 0.579. The van der Waals surface area contributed by atoms with Crippen LogP contribution in [0.3, 0.4) is 0 Å². The van der Waals surface area contributed by atoms with Gasteiger partial charge in [-0.05, 0) is 33.8 Å². The van der Waals surface area contributed by atoms with E-state index in [9.17, 15) is 4.79 Å². The molecule has 2 aromatic heterocycles. The van der Waals surface area contributed by atoms with Crippen LogP contribution < -0.4 is 4.90 Å². The highest BCUT2D eigenvalue weighted by molar-refractivity contribution is 5.78. The van der Waals surface area contributed by atoms with Crippen molar-refractivity contribution in [2.75, 3.05) is 50.7 Å². The lowest BCUT2D eigenvalue weighted by Gasteiger charge is -2.36. The largest absolute Gasteiger partial charge is 0.354 e. The highest BCUT2D eigenvalue weighted by Gasteiger charge is 2.24. The fourth-order valence-electron chi connectivity index (χ4n) is 3.51. The van der Waals surface area contributed by atoms with E-state index in [1.54, 1.807) is 10.9 Å². The van der Waals surface area contributed by atoms with Crippen molar-refractivity contribution in [3.05, 3.63) is 29.8 Å². The molecule has 0 atom stereocenters. The van der Waals surface area contributed by atoms with Crippen molar-refractivity contribution in [1.82, 2.24) is 29.5 Å². The van der Waals surface area contributed by atoms with Crippen LogP contribution in [0.2, 0.25) is 0 Å². The fourth-order valence-corrected chi connectivity index (χ4v) is 3.51. The zero-order valence-electron chi connectivity index (χ0n) is 16.7. The van der Waals surface area contributed by atoms with Crippen molar-refractivity contribution in [2.45, 2.75) is 27.7 Å². The van der Waals surface area contributed by atoms with Crippen molar-refractivity contribution in [1.29, 1.82) is 0 Å². The van der Waals surface area contributed by atoms with E-state index in [1.165, 1.54) is 0 Å². The van der Waals surface area contributed by atoms with E-state index in [0.29, 0.717) is 6.54 Å². The van der Waals surface area contributed by atoms with E-state index in [4.69, 9.17) is 0 Å². The molecule has 3 heterocycles. The van der Waals surface area contributed by atoms with Crippen molar-refractivity contribution >= 4 is 11.7 Å². The molecule has 0 unspecified atom stereocenters. The average Bonchev–Trinajstić information content (AvgIpc) is 3.19. The lowest BCUT2D eigenvalue weighted by molar-refractivity contribution is -0.132. The van der Waals surface area contributed by atoms with Gasteiger partial charge in [-0.1, -0.05) is 0 Å². The number of piperazine rings is 1. The first-order valence-corrected chi connectivity index (χ1v) is 9.63. The highest BCUT2D eigenvalue weighted by atomic mass is 16.2. The molecule has 0 saturated carbocycles. The summed E-state index contributed by atoms with van der Waals surface area (Å²) in [7, 11) is 0. The van der Waals surface area contributed by atoms with Crippen molar-refractivity contribution in [3.63, 3.8) is 0 Å². The van der Waals surface area contributed by atoms with Crippen LogP contribution in [0.25, 0.3) is 5.82 Å². The minimum Gasteiger partial charge on any atom is -0.354 e. The topological polar surface area (TPSA) is 70.4 Å². The number of likely N-dealkylation sites (N-methyl/N-ethyl adjacent to an activating group) is 1. The Morgan fingerprint density at radius 2 is 1.74 bits per heavy atom. The summed E-state index contributed by atoms with van der Waals surface area (Å²) >= 11 is 0. The van der Waals surface area contributed by atoms with E-state index >= 15 is 0 Å². The predicted molar refractivity (Wildman–Crippen MR) is 105 cm³/mol. The maximum atomic E-state index is 12.3. The molecule has 0 aromatic carbocycles. The molecule has 0 spiro atoms. The third-order valence-electron chi connectivity index (χ3n) is 5.07. The number of nitrogens with zero attached hydrogens (tertiary/aromatic N) is 7. The minimum atomic E-state index is 0.212. The average molecular weight is 371 g/mol. The molecule has 1 aliphatic rings. The first-order valence-electron chi connectivity index (χ1n) is 9.63. The van der Waals surface area contributed by atoms with Crippen molar-refractivity contribution < 1.29 is 4.79 Å². The van der Waals surface area contributed by atoms with E-state index < -0.39 is 0 Å². The van der Waals surface area contributed by atoms with Gasteiger partial charge in [0, 0.05) is 57.2 Å². The number of anilines is 1. The maximum Gasteiger partial charge on any atom is 0.236 e. The van der Waals surface area contributed by atoms with Gasteiger partial charge in [-0.3, -0.25) is 9.69 Å². The zero-order chi connectivity index (χ0) is 19.4. The molecule has 1 saturated heterocycles. The molecule has 0 bridgehead atoms. The molecule has 1 fully saturated rings. The third-order valence-corrected chi connectivity index (χ3v) is 5.07. The molecular formula is C19H29N7O. The van der Waals surface area contributed by atoms with Crippen LogP contribution in [0, 0.1) is 13.8 Å². The molecule has 8 heteroatoms. The van der Waals surface area contributed by atoms with Gasteiger partial charge in [0.1, 0.15) is 11.6 Å². The molecule has 27 heavy (non-hydrogen) atoms. The van der Waals surface area contributed by atoms with Gasteiger partial charge >= 0.3 is 0 Å². The SMILES string of the molecule is CCN(CC)C(=O)CN1CCN(c2nc(C)nc(-n3cccn3)c2C)CC1. The van der Waals surface area contributed by atoms with Crippen molar-refractivity contribution in [2.24, 2.45) is 0 Å². The van der Waals surface area contributed by atoms with E-state index in [0.717, 1.165) is 62.3 Å². The van der Waals surface area contributed by atoms with Crippen LogP contribution in [0.5, 0.6) is 0 Å². The summed E-state index contributed by atoms with van der Waals surface area (Å²) in [4.78, 5) is 28.0. The predicted octanol–water partition coefficient (Wildman–Crippen LogP) is 1.27. The van der Waals surface area contributed by atoms with Crippen LogP contribution in [0.1, 0.15) is 25.2 Å². The normalized spacial score (nSPS) is 15.2. The second-order valence-electron chi connectivity index (χ2n) is 6.82. The molecule has 3 rings (SSSR count). The van der Waals surface area contributed by atoms with Gasteiger partial charge in [0.15, 0.2) is 5.82 Å². The van der Waals surface area contributed by atoms with Crippen molar-refractivity contribution in [3.8, 4) is 5.82 Å².